The lowest BCUT2D eigenvalue weighted by Crippen LogP contribution is -2.40. The van der Waals surface area contributed by atoms with Gasteiger partial charge >= 0.3 is 0 Å². The Morgan fingerprint density at radius 3 is 2.53 bits per heavy atom. The van der Waals surface area contributed by atoms with Crippen LogP contribution < -0.4 is 4.74 Å². The molecule has 8 nitrogen and oxygen atoms in total. The van der Waals surface area contributed by atoms with Gasteiger partial charge in [0.05, 0.1) is 35.8 Å². The highest BCUT2D eigenvalue weighted by atomic mass is 35.5. The molecule has 10 heteroatoms. The molecule has 1 fully saturated rings. The number of Topliss-reactive ketones (excluding diaryl/α,β-unsaturated/α-hetero) is 1. The number of aromatic nitrogens is 1. The van der Waals surface area contributed by atoms with Crippen molar-refractivity contribution in [3.05, 3.63) is 46.2 Å². The predicted octanol–water partition coefficient (Wildman–Crippen LogP) is 3.25. The van der Waals surface area contributed by atoms with Crippen LogP contribution in [0.2, 0.25) is 5.02 Å². The van der Waals surface area contributed by atoms with Crippen molar-refractivity contribution in [1.29, 1.82) is 0 Å². The monoisotopic (exact) mass is 484 g/mol. The fraction of sp³-hybridized carbons (Fsp3) is 0.500. The van der Waals surface area contributed by atoms with Gasteiger partial charge in [-0.25, -0.2) is 8.42 Å². The first kappa shape index (κ1) is 24.7. The summed E-state index contributed by atoms with van der Waals surface area (Å²) in [6.07, 6.45) is 0. The summed E-state index contributed by atoms with van der Waals surface area (Å²) in [5, 5.41) is 0.131. The van der Waals surface area contributed by atoms with E-state index >= 15 is 0 Å². The SMILES string of the molecule is COC[C@@H](C)n1c(C)cc(C(=O)COc2ccc(S(=O)(=O)N3CCOCC3)cc2Cl)c1C. The van der Waals surface area contributed by atoms with Crippen LogP contribution in [0.3, 0.4) is 0 Å². The van der Waals surface area contributed by atoms with Crippen molar-refractivity contribution in [2.75, 3.05) is 46.6 Å². The maximum Gasteiger partial charge on any atom is 0.243 e. The number of carbonyl (C=O) groups excluding carboxylic acids is 1. The van der Waals surface area contributed by atoms with Gasteiger partial charge in [0.15, 0.2) is 6.61 Å². The Morgan fingerprint density at radius 1 is 1.22 bits per heavy atom. The van der Waals surface area contributed by atoms with Crippen molar-refractivity contribution < 1.29 is 27.4 Å². The normalized spacial score (nSPS) is 16.2. The van der Waals surface area contributed by atoms with Crippen molar-refractivity contribution in [3.63, 3.8) is 0 Å². The van der Waals surface area contributed by atoms with Gasteiger partial charge in [-0.2, -0.15) is 4.31 Å². The maximum atomic E-state index is 12.8. The van der Waals surface area contributed by atoms with Gasteiger partial charge in [0.2, 0.25) is 15.8 Å². The summed E-state index contributed by atoms with van der Waals surface area (Å²) in [6, 6.07) is 6.21. The van der Waals surface area contributed by atoms with Crippen LogP contribution in [0, 0.1) is 13.8 Å². The Morgan fingerprint density at radius 2 is 1.91 bits per heavy atom. The average Bonchev–Trinajstić information content (AvgIpc) is 3.07. The predicted molar refractivity (Wildman–Crippen MR) is 121 cm³/mol. The molecular formula is C22H29ClN2O6S. The Balaban J connectivity index is 1.71. The molecule has 0 aliphatic carbocycles. The summed E-state index contributed by atoms with van der Waals surface area (Å²) in [4.78, 5) is 12.9. The number of methoxy groups -OCH3 is 1. The van der Waals surface area contributed by atoms with Crippen LogP contribution in [-0.4, -0.2) is 69.7 Å². The number of hydrogen-bond donors (Lipinski definition) is 0. The van der Waals surface area contributed by atoms with Crippen molar-refractivity contribution >= 4 is 27.4 Å². The molecule has 0 unspecified atom stereocenters. The quantitative estimate of drug-likeness (QED) is 0.508. The van der Waals surface area contributed by atoms with E-state index in [-0.39, 0.29) is 34.1 Å². The largest absolute Gasteiger partial charge is 0.484 e. The number of ketones is 1. The molecule has 176 valence electrons. The van der Waals surface area contributed by atoms with Gasteiger partial charge in [-0.15, -0.1) is 0 Å². The minimum Gasteiger partial charge on any atom is -0.484 e. The first-order chi connectivity index (χ1) is 15.2. The molecule has 32 heavy (non-hydrogen) atoms. The number of hydrogen-bond acceptors (Lipinski definition) is 6. The van der Waals surface area contributed by atoms with Crippen LogP contribution >= 0.6 is 11.6 Å². The summed E-state index contributed by atoms with van der Waals surface area (Å²) in [5.74, 6) is 0.0672. The van der Waals surface area contributed by atoms with Gasteiger partial charge in [-0.05, 0) is 45.0 Å². The Kier molecular flexibility index (Phi) is 8.00. The standard InChI is InChI=1S/C22H29ClN2O6S/c1-15-11-19(17(3)25(15)16(2)13-29-4)21(26)14-31-22-6-5-18(12-20(22)23)32(27,28)24-7-9-30-10-8-24/h5-6,11-12,16H,7-10,13-14H2,1-4H3/t16-/m1/s1. The highest BCUT2D eigenvalue weighted by Crippen LogP contribution is 2.29. The molecule has 1 aliphatic heterocycles. The molecule has 0 radical (unpaired) electrons. The molecule has 0 saturated carbocycles. The average molecular weight is 485 g/mol. The van der Waals surface area contributed by atoms with E-state index in [1.807, 2.05) is 26.8 Å². The van der Waals surface area contributed by atoms with Crippen molar-refractivity contribution in [3.8, 4) is 5.75 Å². The van der Waals surface area contributed by atoms with Gasteiger partial charge in [-0.3, -0.25) is 4.79 Å². The van der Waals surface area contributed by atoms with Gasteiger partial charge in [0, 0.05) is 37.2 Å². The minimum absolute atomic E-state index is 0.0822. The van der Waals surface area contributed by atoms with Crippen LogP contribution in [0.5, 0.6) is 5.75 Å². The molecule has 0 spiro atoms. The van der Waals surface area contributed by atoms with E-state index in [0.29, 0.717) is 38.5 Å². The van der Waals surface area contributed by atoms with Crippen LogP contribution in [0.25, 0.3) is 0 Å². The second kappa shape index (κ2) is 10.4. The van der Waals surface area contributed by atoms with Crippen LogP contribution in [0.4, 0.5) is 0 Å². The summed E-state index contributed by atoms with van der Waals surface area (Å²) >= 11 is 6.28. The third kappa shape index (κ3) is 5.18. The zero-order valence-corrected chi connectivity index (χ0v) is 20.3. The van der Waals surface area contributed by atoms with Crippen LogP contribution in [0.1, 0.15) is 34.7 Å². The lowest BCUT2D eigenvalue weighted by atomic mass is 10.1. The minimum atomic E-state index is -3.66. The number of morpholine rings is 1. The van der Waals surface area contributed by atoms with Gasteiger partial charge in [0.1, 0.15) is 5.75 Å². The fourth-order valence-electron chi connectivity index (χ4n) is 3.97. The number of rotatable bonds is 9. The van der Waals surface area contributed by atoms with E-state index in [0.717, 1.165) is 11.4 Å². The second-order valence-electron chi connectivity index (χ2n) is 7.78. The van der Waals surface area contributed by atoms with E-state index in [1.54, 1.807) is 7.11 Å². The molecule has 1 aliphatic rings. The number of aryl methyl sites for hydroxylation is 1. The molecule has 1 atom stereocenters. The number of nitrogens with zero attached hydrogens (tertiary/aromatic N) is 2. The van der Waals surface area contributed by atoms with Crippen LogP contribution in [0.15, 0.2) is 29.2 Å². The van der Waals surface area contributed by atoms with Gasteiger partial charge in [0.25, 0.3) is 0 Å². The molecule has 0 N–H and O–H groups in total. The third-order valence-electron chi connectivity index (χ3n) is 5.50. The molecule has 1 saturated heterocycles. The molecule has 1 aromatic heterocycles. The van der Waals surface area contributed by atoms with Crippen molar-refractivity contribution in [2.24, 2.45) is 0 Å². The molecular weight excluding hydrogens is 456 g/mol. The van der Waals surface area contributed by atoms with Gasteiger partial charge < -0.3 is 18.8 Å². The molecule has 2 aromatic rings. The first-order valence-electron chi connectivity index (χ1n) is 10.4. The number of benzene rings is 1. The smallest absolute Gasteiger partial charge is 0.243 e. The van der Waals surface area contributed by atoms with E-state index in [2.05, 4.69) is 4.57 Å². The Hall–Kier alpha value is -1.91. The summed E-state index contributed by atoms with van der Waals surface area (Å²) in [7, 11) is -2.02. The number of carbonyl (C=O) groups is 1. The highest BCUT2D eigenvalue weighted by molar-refractivity contribution is 7.89. The fourth-order valence-corrected chi connectivity index (χ4v) is 5.70. The summed E-state index contributed by atoms with van der Waals surface area (Å²) in [5.41, 5.74) is 2.39. The van der Waals surface area contributed by atoms with Gasteiger partial charge in [-0.1, -0.05) is 11.6 Å². The zero-order chi connectivity index (χ0) is 23.5. The molecule has 0 amide bonds. The summed E-state index contributed by atoms with van der Waals surface area (Å²) in [6.45, 7) is 7.52. The first-order valence-corrected chi connectivity index (χ1v) is 12.2. The summed E-state index contributed by atoms with van der Waals surface area (Å²) < 4.78 is 45.1. The number of ether oxygens (including phenoxy) is 3. The van der Waals surface area contributed by atoms with Crippen molar-refractivity contribution in [1.82, 2.24) is 8.87 Å². The van der Waals surface area contributed by atoms with E-state index in [4.69, 9.17) is 25.8 Å². The van der Waals surface area contributed by atoms with E-state index < -0.39 is 10.0 Å². The Labute approximate surface area is 194 Å². The second-order valence-corrected chi connectivity index (χ2v) is 10.1. The van der Waals surface area contributed by atoms with E-state index in [1.165, 1.54) is 22.5 Å². The maximum absolute atomic E-state index is 12.8. The van der Waals surface area contributed by atoms with Crippen molar-refractivity contribution in [2.45, 2.75) is 31.7 Å². The topological polar surface area (TPSA) is 87.1 Å². The van der Waals surface area contributed by atoms with Crippen LogP contribution in [-0.2, 0) is 19.5 Å². The Bertz CT molecular complexity index is 1080. The number of halogens is 1. The molecule has 2 heterocycles. The van der Waals surface area contributed by atoms with E-state index in [9.17, 15) is 13.2 Å². The zero-order valence-electron chi connectivity index (χ0n) is 18.8. The molecule has 0 bridgehead atoms. The third-order valence-corrected chi connectivity index (χ3v) is 7.69. The molecule has 3 rings (SSSR count). The highest BCUT2D eigenvalue weighted by Gasteiger charge is 2.27. The lowest BCUT2D eigenvalue weighted by Gasteiger charge is -2.26. The number of sulfonamides is 1. The molecule has 1 aromatic carbocycles. The lowest BCUT2D eigenvalue weighted by molar-refractivity contribution is 0.0730.